The topological polar surface area (TPSA) is 85.2 Å². The van der Waals surface area contributed by atoms with E-state index in [-0.39, 0.29) is 10.8 Å². The third-order valence-electron chi connectivity index (χ3n) is 6.68. The van der Waals surface area contributed by atoms with Gasteiger partial charge in [-0.15, -0.1) is 5.10 Å². The van der Waals surface area contributed by atoms with Crippen LogP contribution in [0.4, 0.5) is 11.4 Å². The van der Waals surface area contributed by atoms with Crippen molar-refractivity contribution in [2.45, 2.75) is 24.7 Å². The Kier molecular flexibility index (Phi) is 9.74. The fourth-order valence-electron chi connectivity index (χ4n) is 4.66. The molecule has 0 radical (unpaired) electrons. The molecule has 0 unspecified atom stereocenters. The molecule has 0 fully saturated rings. The van der Waals surface area contributed by atoms with Crippen LogP contribution in [-0.2, 0) is 10.1 Å². The van der Waals surface area contributed by atoms with E-state index in [2.05, 4.69) is 21.4 Å². The number of nitrogens with zero attached hydrogens (tertiary/aromatic N) is 3. The quantitative estimate of drug-likeness (QED) is 0.175. The molecule has 6 rings (SSSR count). The van der Waals surface area contributed by atoms with Crippen molar-refractivity contribution in [2.75, 3.05) is 10.2 Å². The predicted molar refractivity (Wildman–Crippen MR) is 185 cm³/mol. The Morgan fingerprint density at radius 2 is 1.45 bits per heavy atom. The first kappa shape index (κ1) is 32.1. The fraction of sp³-hybridized carbons (Fsp3) is 0.0938. The number of hydrogen-bond donors (Lipinski definition) is 2. The highest BCUT2D eigenvalue weighted by Crippen LogP contribution is 2.39. The van der Waals surface area contributed by atoms with E-state index >= 15 is 0 Å². The van der Waals surface area contributed by atoms with Crippen molar-refractivity contribution in [2.24, 2.45) is 5.10 Å². The van der Waals surface area contributed by atoms with E-state index in [4.69, 9.17) is 39.9 Å². The van der Waals surface area contributed by atoms with Gasteiger partial charge >= 0.3 is 0 Å². The molecule has 0 aromatic heterocycles. The van der Waals surface area contributed by atoms with Crippen LogP contribution < -0.4 is 15.7 Å². The highest BCUT2D eigenvalue weighted by atomic mass is 79.9. The highest BCUT2D eigenvalue weighted by Gasteiger charge is 2.30. The van der Waals surface area contributed by atoms with Crippen molar-refractivity contribution in [1.82, 2.24) is 5.43 Å². The monoisotopic (exact) mass is 730 g/mol. The van der Waals surface area contributed by atoms with E-state index in [0.717, 1.165) is 21.1 Å². The normalized spacial score (nSPS) is 13.0. The van der Waals surface area contributed by atoms with Gasteiger partial charge < -0.3 is 0 Å². The molecule has 5 aromatic carbocycles. The molecule has 0 aliphatic carbocycles. The second-order valence-corrected chi connectivity index (χ2v) is 13.6. The van der Waals surface area contributed by atoms with Crippen molar-refractivity contribution >= 4 is 88.8 Å². The molecule has 0 spiro atoms. The minimum absolute atomic E-state index is 0.0330. The van der Waals surface area contributed by atoms with Crippen LogP contribution >= 0.6 is 50.7 Å². The second kappa shape index (κ2) is 13.4. The number of rotatable bonds is 5. The predicted octanol–water partition coefficient (Wildman–Crippen LogP) is 9.73. The summed E-state index contributed by atoms with van der Waals surface area (Å²) in [6, 6.07) is 31.6. The molecule has 0 bridgehead atoms. The van der Waals surface area contributed by atoms with Crippen LogP contribution in [0.2, 0.25) is 15.1 Å². The third-order valence-corrected chi connectivity index (χ3v) is 8.98. The molecule has 1 aliphatic rings. The van der Waals surface area contributed by atoms with Gasteiger partial charge in [0.05, 0.1) is 15.7 Å². The smallest absolute Gasteiger partial charge is 0.282 e. The first-order valence-corrected chi connectivity index (χ1v) is 16.7. The molecule has 226 valence electrons. The fourth-order valence-corrected chi connectivity index (χ4v) is 6.97. The van der Waals surface area contributed by atoms with Gasteiger partial charge in [0.25, 0.3) is 10.1 Å². The van der Waals surface area contributed by atoms with E-state index < -0.39 is 10.1 Å². The Balaban J connectivity index is 0.000000195. The molecule has 12 heteroatoms. The number of hydrazine groups is 2. The summed E-state index contributed by atoms with van der Waals surface area (Å²) in [7, 11) is -4.21. The summed E-state index contributed by atoms with van der Waals surface area (Å²) in [5.74, 6) is 0.699. The number of anilines is 2. The lowest BCUT2D eigenvalue weighted by Crippen LogP contribution is -2.45. The zero-order valence-corrected chi connectivity index (χ0v) is 28.1. The van der Waals surface area contributed by atoms with E-state index in [1.54, 1.807) is 40.6 Å². The van der Waals surface area contributed by atoms with E-state index in [1.165, 1.54) is 0 Å². The number of fused-ring (bicyclic) bond motifs is 1. The average molecular weight is 733 g/mol. The Bertz CT molecular complexity index is 1930. The zero-order chi connectivity index (χ0) is 31.6. The first-order chi connectivity index (χ1) is 20.9. The summed E-state index contributed by atoms with van der Waals surface area (Å²) in [4.78, 5) is 0.0330. The van der Waals surface area contributed by atoms with Crippen LogP contribution in [0.25, 0.3) is 10.8 Å². The zero-order valence-electron chi connectivity index (χ0n) is 23.4. The number of para-hydroxylation sites is 1. The van der Waals surface area contributed by atoms with Crippen LogP contribution in [0.15, 0.2) is 118 Å². The largest absolute Gasteiger partial charge is 0.295 e. The molecular formula is C32H26BrCl3N4O3S. The average Bonchev–Trinajstić information content (AvgIpc) is 3.41. The lowest BCUT2D eigenvalue weighted by molar-refractivity contribution is 0.482. The van der Waals surface area contributed by atoms with Crippen molar-refractivity contribution < 1.29 is 13.0 Å². The van der Waals surface area contributed by atoms with E-state index in [0.29, 0.717) is 37.5 Å². The molecule has 0 saturated heterocycles. The van der Waals surface area contributed by atoms with Crippen molar-refractivity contribution in [1.29, 1.82) is 0 Å². The summed E-state index contributed by atoms with van der Waals surface area (Å²) in [6.45, 7) is 3.80. The van der Waals surface area contributed by atoms with Crippen LogP contribution in [-0.4, -0.2) is 18.8 Å². The lowest BCUT2D eigenvalue weighted by atomic mass is 9.99. The Morgan fingerprint density at radius 3 is 2.07 bits per heavy atom. The number of hydrogen-bond acceptors (Lipinski definition) is 6. The molecule has 5 aromatic rings. The number of halogens is 4. The van der Waals surface area contributed by atoms with Gasteiger partial charge in [-0.2, -0.15) is 18.7 Å². The molecule has 2 N–H and O–H groups in total. The molecular weight excluding hydrogens is 707 g/mol. The van der Waals surface area contributed by atoms with Crippen LogP contribution in [0.3, 0.4) is 0 Å². The summed E-state index contributed by atoms with van der Waals surface area (Å²) in [5.41, 5.74) is 6.24. The van der Waals surface area contributed by atoms with Gasteiger partial charge in [-0.25, -0.2) is 0 Å². The molecule has 1 heterocycles. The maximum Gasteiger partial charge on any atom is 0.295 e. The minimum Gasteiger partial charge on any atom is -0.282 e. The number of nitrogens with one attached hydrogen (secondary N) is 1. The molecule has 0 saturated carbocycles. The standard InChI is InChI=1S/C19H12BrCl3N4.C13H14O3S/c20-13-8-6-12(7-9-13)19-24-26(15-4-2-1-3-5-15)27(25-19)18-16(22)10-14(21)11-17(18)23;1-9(2)11-8-7-10-5-3-4-6-12(10)13(11)17(14,15)16/h1-11H,(H,24,25);3-9H,1-2H3,(H,14,15,16). The SMILES string of the molecule is CC(C)c1ccc2ccccc2c1S(=O)(=O)O.Clc1cc(Cl)c(N2NC(c3ccc(Br)cc3)=NN2c2ccccc2)c(Cl)c1. The summed E-state index contributed by atoms with van der Waals surface area (Å²) >= 11 is 22.4. The maximum absolute atomic E-state index is 11.5. The Hall–Kier alpha value is -3.31. The number of hydrazone groups is 1. The Labute approximate surface area is 279 Å². The van der Waals surface area contributed by atoms with Gasteiger partial charge in [0.15, 0.2) is 5.84 Å². The van der Waals surface area contributed by atoms with E-state index in [1.807, 2.05) is 86.6 Å². The van der Waals surface area contributed by atoms with Gasteiger partial charge in [0.2, 0.25) is 0 Å². The van der Waals surface area contributed by atoms with Gasteiger partial charge in [-0.3, -0.25) is 9.98 Å². The molecule has 1 aliphatic heterocycles. The number of amidine groups is 1. The van der Waals surface area contributed by atoms with Gasteiger partial charge in [-0.05, 0) is 53.3 Å². The van der Waals surface area contributed by atoms with Crippen molar-refractivity contribution in [3.8, 4) is 0 Å². The highest BCUT2D eigenvalue weighted by molar-refractivity contribution is 9.10. The molecule has 7 nitrogen and oxygen atoms in total. The summed E-state index contributed by atoms with van der Waals surface area (Å²) in [6.07, 6.45) is 0. The first-order valence-electron chi connectivity index (χ1n) is 13.3. The van der Waals surface area contributed by atoms with Gasteiger partial charge in [0.1, 0.15) is 10.6 Å². The summed E-state index contributed by atoms with van der Waals surface area (Å²) in [5, 5.41) is 10.8. The Morgan fingerprint density at radius 1 is 0.841 bits per heavy atom. The lowest BCUT2D eigenvalue weighted by Gasteiger charge is -2.29. The second-order valence-electron chi connectivity index (χ2n) is 10.1. The maximum atomic E-state index is 11.5. The number of benzene rings is 5. The minimum atomic E-state index is -4.21. The van der Waals surface area contributed by atoms with Crippen LogP contribution in [0, 0.1) is 0 Å². The van der Waals surface area contributed by atoms with Crippen molar-refractivity contribution in [3.63, 3.8) is 0 Å². The van der Waals surface area contributed by atoms with Crippen LogP contribution in [0.5, 0.6) is 0 Å². The molecule has 0 amide bonds. The molecule has 0 atom stereocenters. The van der Waals surface area contributed by atoms with Gasteiger partial charge in [0, 0.05) is 20.4 Å². The van der Waals surface area contributed by atoms with Crippen LogP contribution in [0.1, 0.15) is 30.9 Å². The van der Waals surface area contributed by atoms with E-state index in [9.17, 15) is 13.0 Å². The van der Waals surface area contributed by atoms with Crippen molar-refractivity contribution in [3.05, 3.63) is 134 Å². The summed E-state index contributed by atoms with van der Waals surface area (Å²) < 4.78 is 33.4. The molecule has 44 heavy (non-hydrogen) atoms. The van der Waals surface area contributed by atoms with Gasteiger partial charge in [-0.1, -0.05) is 131 Å². The third kappa shape index (κ3) is 6.99.